The molecule has 1 fully saturated rings. The third-order valence-corrected chi connectivity index (χ3v) is 4.91. The Kier molecular flexibility index (Phi) is 5.25. The molecule has 1 aromatic carbocycles. The van der Waals surface area contributed by atoms with E-state index in [1.165, 1.54) is 0 Å². The first-order chi connectivity index (χ1) is 11.7. The number of ether oxygens (including phenoxy) is 2. The molecule has 1 aromatic heterocycles. The molecule has 2 heterocycles. The second kappa shape index (κ2) is 7.57. The summed E-state index contributed by atoms with van der Waals surface area (Å²) in [6, 6.07) is 9.01. The van der Waals surface area contributed by atoms with Gasteiger partial charge >= 0.3 is 0 Å². The number of benzene rings is 1. The number of hydrogen-bond acceptors (Lipinski definition) is 5. The number of amides is 1. The van der Waals surface area contributed by atoms with Crippen molar-refractivity contribution in [3.05, 3.63) is 47.7 Å². The number of methoxy groups -OCH3 is 1. The SMILES string of the molecule is COc1ccc(C)cc1NC(=O)c1ccnc(OC2CCSC2)c1. The molecule has 2 aromatic rings. The van der Waals surface area contributed by atoms with Crippen LogP contribution in [-0.2, 0) is 0 Å². The largest absolute Gasteiger partial charge is 0.495 e. The van der Waals surface area contributed by atoms with Crippen molar-refractivity contribution in [3.63, 3.8) is 0 Å². The van der Waals surface area contributed by atoms with Crippen LogP contribution in [0.3, 0.4) is 0 Å². The maximum absolute atomic E-state index is 12.5. The Morgan fingerprint density at radius 2 is 2.21 bits per heavy atom. The van der Waals surface area contributed by atoms with Gasteiger partial charge in [-0.1, -0.05) is 6.07 Å². The summed E-state index contributed by atoms with van der Waals surface area (Å²) in [5.74, 6) is 2.98. The van der Waals surface area contributed by atoms with Crippen LogP contribution in [0.5, 0.6) is 11.6 Å². The minimum Gasteiger partial charge on any atom is -0.495 e. The number of thioether (sulfide) groups is 1. The van der Waals surface area contributed by atoms with Crippen molar-refractivity contribution in [3.8, 4) is 11.6 Å². The molecule has 5 nitrogen and oxygen atoms in total. The lowest BCUT2D eigenvalue weighted by Crippen LogP contribution is -2.17. The van der Waals surface area contributed by atoms with E-state index in [0.29, 0.717) is 22.9 Å². The fourth-order valence-corrected chi connectivity index (χ4v) is 3.60. The van der Waals surface area contributed by atoms with Crippen molar-refractivity contribution in [2.24, 2.45) is 0 Å². The van der Waals surface area contributed by atoms with Gasteiger partial charge in [0.2, 0.25) is 5.88 Å². The zero-order valence-corrected chi connectivity index (χ0v) is 14.6. The number of hydrogen-bond donors (Lipinski definition) is 1. The quantitative estimate of drug-likeness (QED) is 0.899. The number of nitrogens with one attached hydrogen (secondary N) is 1. The molecule has 0 radical (unpaired) electrons. The number of anilines is 1. The number of carbonyl (C=O) groups excluding carboxylic acids is 1. The van der Waals surface area contributed by atoms with E-state index >= 15 is 0 Å². The van der Waals surface area contributed by atoms with Crippen molar-refractivity contribution in [1.29, 1.82) is 0 Å². The van der Waals surface area contributed by atoms with E-state index in [9.17, 15) is 4.79 Å². The summed E-state index contributed by atoms with van der Waals surface area (Å²) < 4.78 is 11.1. The van der Waals surface area contributed by atoms with Gasteiger partial charge in [0.1, 0.15) is 11.9 Å². The first-order valence-corrected chi connectivity index (χ1v) is 8.97. The summed E-state index contributed by atoms with van der Waals surface area (Å²) in [6.45, 7) is 1.97. The van der Waals surface area contributed by atoms with Gasteiger partial charge in [-0.25, -0.2) is 4.98 Å². The number of aromatic nitrogens is 1. The van der Waals surface area contributed by atoms with Crippen LogP contribution >= 0.6 is 11.8 Å². The van der Waals surface area contributed by atoms with Crippen molar-refractivity contribution in [2.75, 3.05) is 23.9 Å². The fraction of sp³-hybridized carbons (Fsp3) is 0.333. The van der Waals surface area contributed by atoms with Crippen molar-refractivity contribution in [1.82, 2.24) is 4.98 Å². The first-order valence-electron chi connectivity index (χ1n) is 7.82. The molecule has 24 heavy (non-hydrogen) atoms. The highest BCUT2D eigenvalue weighted by Gasteiger charge is 2.18. The van der Waals surface area contributed by atoms with Gasteiger partial charge in [-0.2, -0.15) is 11.8 Å². The van der Waals surface area contributed by atoms with Gasteiger partial charge in [0.15, 0.2) is 0 Å². The molecule has 0 saturated carbocycles. The second-order valence-corrected chi connectivity index (χ2v) is 6.79. The highest BCUT2D eigenvalue weighted by molar-refractivity contribution is 7.99. The van der Waals surface area contributed by atoms with E-state index in [1.807, 2.05) is 36.9 Å². The molecule has 1 saturated heterocycles. The van der Waals surface area contributed by atoms with Crippen LogP contribution in [-0.4, -0.2) is 35.6 Å². The molecule has 1 amide bonds. The standard InChI is InChI=1S/C18H20N2O3S/c1-12-3-4-16(22-2)15(9-12)20-18(21)13-5-7-19-17(10-13)23-14-6-8-24-11-14/h3-5,7,9-10,14H,6,8,11H2,1-2H3,(H,20,21). The third kappa shape index (κ3) is 4.00. The number of nitrogens with zero attached hydrogens (tertiary/aromatic N) is 1. The lowest BCUT2D eigenvalue weighted by molar-refractivity contribution is 0.102. The molecule has 0 aliphatic carbocycles. The minimum atomic E-state index is -0.216. The maximum atomic E-state index is 12.5. The van der Waals surface area contributed by atoms with Crippen LogP contribution in [0.15, 0.2) is 36.5 Å². The number of rotatable bonds is 5. The van der Waals surface area contributed by atoms with Crippen LogP contribution in [0.2, 0.25) is 0 Å². The Bertz CT molecular complexity index is 730. The highest BCUT2D eigenvalue weighted by Crippen LogP contribution is 2.26. The normalized spacial score (nSPS) is 16.7. The molecule has 3 rings (SSSR count). The van der Waals surface area contributed by atoms with Crippen LogP contribution < -0.4 is 14.8 Å². The summed E-state index contributed by atoms with van der Waals surface area (Å²) in [5, 5.41) is 2.89. The van der Waals surface area contributed by atoms with Crippen LogP contribution in [0.25, 0.3) is 0 Å². The summed E-state index contributed by atoms with van der Waals surface area (Å²) in [7, 11) is 1.58. The van der Waals surface area contributed by atoms with Crippen LogP contribution in [0.4, 0.5) is 5.69 Å². The van der Waals surface area contributed by atoms with Crippen molar-refractivity contribution < 1.29 is 14.3 Å². The van der Waals surface area contributed by atoms with Crippen LogP contribution in [0.1, 0.15) is 22.3 Å². The zero-order chi connectivity index (χ0) is 16.9. The lowest BCUT2D eigenvalue weighted by Gasteiger charge is -2.13. The Morgan fingerprint density at radius 1 is 1.33 bits per heavy atom. The molecule has 6 heteroatoms. The maximum Gasteiger partial charge on any atom is 0.256 e. The van der Waals surface area contributed by atoms with E-state index < -0.39 is 0 Å². The predicted octanol–water partition coefficient (Wildman–Crippen LogP) is 3.54. The summed E-state index contributed by atoms with van der Waals surface area (Å²) in [6.07, 6.45) is 2.79. The molecule has 1 aliphatic heterocycles. The number of aryl methyl sites for hydroxylation is 1. The summed E-state index contributed by atoms with van der Waals surface area (Å²) in [5.41, 5.74) is 2.20. The average Bonchev–Trinajstić information content (AvgIpc) is 3.08. The third-order valence-electron chi connectivity index (χ3n) is 3.78. The molecule has 0 spiro atoms. The van der Waals surface area contributed by atoms with Gasteiger partial charge in [0.25, 0.3) is 5.91 Å². The molecule has 1 aliphatic rings. The monoisotopic (exact) mass is 344 g/mol. The van der Waals surface area contributed by atoms with Gasteiger partial charge in [-0.3, -0.25) is 4.79 Å². The average molecular weight is 344 g/mol. The predicted molar refractivity (Wildman–Crippen MR) is 96.3 cm³/mol. The molecule has 126 valence electrons. The smallest absolute Gasteiger partial charge is 0.256 e. The van der Waals surface area contributed by atoms with E-state index in [2.05, 4.69) is 10.3 Å². The minimum absolute atomic E-state index is 0.178. The van der Waals surface area contributed by atoms with E-state index in [-0.39, 0.29) is 12.0 Å². The van der Waals surface area contributed by atoms with Crippen molar-refractivity contribution in [2.45, 2.75) is 19.4 Å². The lowest BCUT2D eigenvalue weighted by atomic mass is 10.2. The van der Waals surface area contributed by atoms with Gasteiger partial charge < -0.3 is 14.8 Å². The van der Waals surface area contributed by atoms with Gasteiger partial charge in [0, 0.05) is 23.6 Å². The first kappa shape index (κ1) is 16.6. The summed E-state index contributed by atoms with van der Waals surface area (Å²) >= 11 is 1.87. The van der Waals surface area contributed by atoms with Gasteiger partial charge in [0.05, 0.1) is 12.8 Å². The molecular weight excluding hydrogens is 324 g/mol. The van der Waals surface area contributed by atoms with E-state index in [4.69, 9.17) is 9.47 Å². The Labute approximate surface area is 145 Å². The van der Waals surface area contributed by atoms with E-state index in [1.54, 1.807) is 25.4 Å². The van der Waals surface area contributed by atoms with Gasteiger partial charge in [-0.15, -0.1) is 0 Å². The van der Waals surface area contributed by atoms with Crippen LogP contribution in [0, 0.1) is 6.92 Å². The highest BCUT2D eigenvalue weighted by atomic mass is 32.2. The molecule has 1 N–H and O–H groups in total. The summed E-state index contributed by atoms with van der Waals surface area (Å²) in [4.78, 5) is 16.7. The van der Waals surface area contributed by atoms with E-state index in [0.717, 1.165) is 23.5 Å². The Balaban J connectivity index is 1.74. The van der Waals surface area contributed by atoms with Crippen molar-refractivity contribution >= 4 is 23.4 Å². The van der Waals surface area contributed by atoms with Gasteiger partial charge in [-0.05, 0) is 42.9 Å². The zero-order valence-electron chi connectivity index (χ0n) is 13.7. The molecule has 0 bridgehead atoms. The topological polar surface area (TPSA) is 60.5 Å². The fourth-order valence-electron chi connectivity index (χ4n) is 2.51. The Morgan fingerprint density at radius 3 is 2.96 bits per heavy atom. The Hall–Kier alpha value is -2.21. The molecule has 1 atom stereocenters. The molecule has 1 unspecified atom stereocenters. The second-order valence-electron chi connectivity index (χ2n) is 5.64. The number of pyridine rings is 1. The number of carbonyl (C=O) groups is 1. The molecular formula is C18H20N2O3S.